The second kappa shape index (κ2) is 8.51. The van der Waals surface area contributed by atoms with Crippen LogP contribution in [0, 0.1) is 0 Å². The first-order chi connectivity index (χ1) is 11.5. The maximum absolute atomic E-state index is 12.0. The number of halogens is 1. The Morgan fingerprint density at radius 1 is 1.33 bits per heavy atom. The van der Waals surface area contributed by atoms with Crippen LogP contribution in [0.25, 0.3) is 0 Å². The van der Waals surface area contributed by atoms with Gasteiger partial charge in [-0.15, -0.1) is 0 Å². The van der Waals surface area contributed by atoms with Crippen molar-refractivity contribution >= 4 is 40.9 Å². The lowest BCUT2D eigenvalue weighted by molar-refractivity contribution is -0.131. The monoisotopic (exact) mass is 366 g/mol. The molecule has 1 aromatic carbocycles. The van der Waals surface area contributed by atoms with Gasteiger partial charge in [0.15, 0.2) is 5.16 Å². The number of hydrogen-bond donors (Lipinski definition) is 2. The fourth-order valence-electron chi connectivity index (χ4n) is 1.72. The van der Waals surface area contributed by atoms with E-state index < -0.39 is 0 Å². The van der Waals surface area contributed by atoms with Crippen LogP contribution >= 0.6 is 23.4 Å². The van der Waals surface area contributed by atoms with Gasteiger partial charge in [-0.1, -0.05) is 35.5 Å². The minimum Gasteiger partial charge on any atom is -0.336 e. The van der Waals surface area contributed by atoms with E-state index in [2.05, 4.69) is 15.3 Å². The molecule has 2 N–H and O–H groups in total. The number of hydrogen-bond acceptors (Lipinski definition) is 5. The normalized spacial score (nSPS) is 10.2. The summed E-state index contributed by atoms with van der Waals surface area (Å²) in [6.07, 6.45) is 1.37. The van der Waals surface area contributed by atoms with Crippen LogP contribution in [0.4, 0.5) is 5.69 Å². The molecule has 2 aromatic rings. The van der Waals surface area contributed by atoms with Gasteiger partial charge in [-0.3, -0.25) is 14.4 Å². The molecule has 1 aromatic heterocycles. The fourth-order valence-corrected chi connectivity index (χ4v) is 2.69. The second-order valence-corrected chi connectivity index (χ2v) is 6.18. The van der Waals surface area contributed by atoms with Gasteiger partial charge >= 0.3 is 0 Å². The van der Waals surface area contributed by atoms with E-state index in [1.165, 1.54) is 24.2 Å². The number of rotatable bonds is 6. The zero-order chi connectivity index (χ0) is 17.5. The molecule has 0 saturated heterocycles. The number of carbonyl (C=O) groups is 2. The summed E-state index contributed by atoms with van der Waals surface area (Å²) in [6.45, 7) is -0.108. The molecule has 0 aliphatic heterocycles. The fraction of sp³-hybridized carbons (Fsp3) is 0.200. The average Bonchev–Trinajstić information content (AvgIpc) is 2.54. The number of nitrogens with one attached hydrogen (secondary N) is 2. The molecule has 0 fully saturated rings. The molecule has 2 rings (SSSR count). The largest absolute Gasteiger partial charge is 0.336 e. The summed E-state index contributed by atoms with van der Waals surface area (Å²) < 4.78 is 0. The first-order valence-electron chi connectivity index (χ1n) is 6.92. The number of thioether (sulfide) groups is 1. The van der Waals surface area contributed by atoms with E-state index in [0.717, 1.165) is 11.8 Å². The van der Waals surface area contributed by atoms with E-state index in [1.807, 2.05) is 0 Å². The summed E-state index contributed by atoms with van der Waals surface area (Å²) in [5.41, 5.74) is 0.206. The van der Waals surface area contributed by atoms with Crippen LogP contribution in [0.3, 0.4) is 0 Å². The van der Waals surface area contributed by atoms with Gasteiger partial charge < -0.3 is 15.2 Å². The maximum Gasteiger partial charge on any atom is 0.251 e. The maximum atomic E-state index is 12.0. The van der Waals surface area contributed by atoms with Crippen LogP contribution in [-0.2, 0) is 9.59 Å². The Bertz CT molecular complexity index is 796. The van der Waals surface area contributed by atoms with E-state index in [4.69, 9.17) is 11.6 Å². The van der Waals surface area contributed by atoms with Crippen molar-refractivity contribution in [1.29, 1.82) is 0 Å². The number of amides is 2. The number of para-hydroxylation sites is 1. The third-order valence-corrected chi connectivity index (χ3v) is 4.14. The van der Waals surface area contributed by atoms with Gasteiger partial charge in [-0.25, -0.2) is 4.98 Å². The molecule has 0 unspecified atom stereocenters. The quantitative estimate of drug-likeness (QED) is 0.598. The number of benzene rings is 1. The third kappa shape index (κ3) is 5.39. The van der Waals surface area contributed by atoms with Gasteiger partial charge in [0.1, 0.15) is 0 Å². The second-order valence-electron chi connectivity index (χ2n) is 4.81. The highest BCUT2D eigenvalue weighted by Gasteiger charge is 2.14. The van der Waals surface area contributed by atoms with Crippen molar-refractivity contribution in [2.24, 2.45) is 0 Å². The SMILES string of the molecule is CN(CC(=O)Nc1ccccc1Cl)C(=O)CSc1nccc(=O)[nH]1. The number of aromatic amines is 1. The lowest BCUT2D eigenvalue weighted by Crippen LogP contribution is -2.36. The van der Waals surface area contributed by atoms with Crippen molar-refractivity contribution in [3.05, 3.63) is 51.9 Å². The number of anilines is 1. The first kappa shape index (κ1) is 18.0. The molecule has 0 radical (unpaired) electrons. The van der Waals surface area contributed by atoms with Crippen molar-refractivity contribution in [1.82, 2.24) is 14.9 Å². The van der Waals surface area contributed by atoms with E-state index in [-0.39, 0.29) is 29.7 Å². The Morgan fingerprint density at radius 3 is 2.79 bits per heavy atom. The van der Waals surface area contributed by atoms with Gasteiger partial charge in [0.2, 0.25) is 11.8 Å². The zero-order valence-corrected chi connectivity index (χ0v) is 14.4. The van der Waals surface area contributed by atoms with Crippen LogP contribution in [0.5, 0.6) is 0 Å². The van der Waals surface area contributed by atoms with Gasteiger partial charge in [-0.05, 0) is 12.1 Å². The molecule has 0 bridgehead atoms. The molecule has 1 heterocycles. The van der Waals surface area contributed by atoms with E-state index in [0.29, 0.717) is 15.9 Å². The molecular formula is C15H15ClN4O3S. The molecule has 0 aliphatic carbocycles. The van der Waals surface area contributed by atoms with E-state index >= 15 is 0 Å². The Kier molecular flexibility index (Phi) is 6.39. The smallest absolute Gasteiger partial charge is 0.251 e. The summed E-state index contributed by atoms with van der Waals surface area (Å²) >= 11 is 7.06. The highest BCUT2D eigenvalue weighted by molar-refractivity contribution is 7.99. The highest BCUT2D eigenvalue weighted by Crippen LogP contribution is 2.20. The molecule has 0 aliphatic rings. The molecule has 126 valence electrons. The van der Waals surface area contributed by atoms with E-state index in [9.17, 15) is 14.4 Å². The van der Waals surface area contributed by atoms with Gasteiger partial charge in [0, 0.05) is 19.3 Å². The topological polar surface area (TPSA) is 95.2 Å². The first-order valence-corrected chi connectivity index (χ1v) is 8.28. The molecule has 9 heteroatoms. The van der Waals surface area contributed by atoms with Crippen molar-refractivity contribution in [2.75, 3.05) is 24.7 Å². The minimum atomic E-state index is -0.352. The molecule has 24 heavy (non-hydrogen) atoms. The van der Waals surface area contributed by atoms with Crippen LogP contribution in [0.15, 0.2) is 46.5 Å². The van der Waals surface area contributed by atoms with Crippen LogP contribution in [0.1, 0.15) is 0 Å². The Labute approximate surface area is 147 Å². The standard InChI is InChI=1S/C15H15ClN4O3S/c1-20(8-13(22)18-11-5-3-2-4-10(11)16)14(23)9-24-15-17-7-6-12(21)19-15/h2-7H,8-9H2,1H3,(H,18,22)(H,17,19,21). The van der Waals surface area contributed by atoms with Gasteiger partial charge in [-0.2, -0.15) is 0 Å². The number of carbonyl (C=O) groups excluding carboxylic acids is 2. The summed E-state index contributed by atoms with van der Waals surface area (Å²) in [7, 11) is 1.52. The predicted molar refractivity (Wildman–Crippen MR) is 93.3 cm³/mol. The van der Waals surface area contributed by atoms with Gasteiger partial charge in [0.05, 0.1) is 23.0 Å². The summed E-state index contributed by atoms with van der Waals surface area (Å²) in [4.78, 5) is 42.9. The molecule has 7 nitrogen and oxygen atoms in total. The number of nitrogens with zero attached hydrogens (tertiary/aromatic N) is 2. The summed E-state index contributed by atoms with van der Waals surface area (Å²) in [5, 5.41) is 3.42. The molecule has 2 amide bonds. The van der Waals surface area contributed by atoms with Crippen molar-refractivity contribution in [3.63, 3.8) is 0 Å². The number of likely N-dealkylation sites (N-methyl/N-ethyl adjacent to an activating group) is 1. The average molecular weight is 367 g/mol. The van der Waals surface area contributed by atoms with Crippen molar-refractivity contribution in [2.45, 2.75) is 5.16 Å². The Balaban J connectivity index is 1.83. The van der Waals surface area contributed by atoms with Crippen LogP contribution in [0.2, 0.25) is 5.02 Å². The molecule has 0 atom stereocenters. The Morgan fingerprint density at radius 2 is 2.08 bits per heavy atom. The highest BCUT2D eigenvalue weighted by atomic mass is 35.5. The van der Waals surface area contributed by atoms with Gasteiger partial charge in [0.25, 0.3) is 5.56 Å². The molecular weight excluding hydrogens is 352 g/mol. The summed E-state index contributed by atoms with van der Waals surface area (Å²) in [5.74, 6) is -0.556. The number of H-pyrrole nitrogens is 1. The molecule has 0 spiro atoms. The zero-order valence-electron chi connectivity index (χ0n) is 12.8. The third-order valence-electron chi connectivity index (χ3n) is 2.93. The number of aromatic nitrogens is 2. The minimum absolute atomic E-state index is 0.0584. The molecule has 0 saturated carbocycles. The lowest BCUT2D eigenvalue weighted by Gasteiger charge is -2.16. The Hall–Kier alpha value is -2.32. The van der Waals surface area contributed by atoms with Crippen LogP contribution < -0.4 is 10.9 Å². The van der Waals surface area contributed by atoms with Crippen molar-refractivity contribution < 1.29 is 9.59 Å². The lowest BCUT2D eigenvalue weighted by atomic mass is 10.3. The summed E-state index contributed by atoms with van der Waals surface area (Å²) in [6, 6.07) is 8.14. The van der Waals surface area contributed by atoms with Crippen molar-refractivity contribution in [3.8, 4) is 0 Å². The van der Waals surface area contributed by atoms with Crippen LogP contribution in [-0.4, -0.2) is 46.0 Å². The van der Waals surface area contributed by atoms with E-state index in [1.54, 1.807) is 24.3 Å². The predicted octanol–water partition coefficient (Wildman–Crippen LogP) is 1.61.